The van der Waals surface area contributed by atoms with Gasteiger partial charge in [0.1, 0.15) is 6.20 Å². The molecule has 0 aliphatic heterocycles. The van der Waals surface area contributed by atoms with Crippen LogP contribution in [0.4, 0.5) is 0 Å². The first kappa shape index (κ1) is 6.66. The van der Waals surface area contributed by atoms with Crippen LogP contribution in [0.15, 0.2) is 12.8 Å². The molecule has 0 aromatic rings. The standard InChI is InChI=1S/C5H13N2/c1-5-7(3,4)6-2/h5-6H,1H2,2-4H3/q+1. The van der Waals surface area contributed by atoms with Gasteiger partial charge in [-0.15, -0.1) is 0 Å². The van der Waals surface area contributed by atoms with Gasteiger partial charge in [0, 0.05) is 7.05 Å². The predicted octanol–water partition coefficient (Wildman–Crippen LogP) is 0.341. The minimum absolute atomic E-state index is 0.653. The zero-order chi connectivity index (χ0) is 5.91. The molecule has 0 spiro atoms. The predicted molar refractivity (Wildman–Crippen MR) is 31.4 cm³/mol. The van der Waals surface area contributed by atoms with Crippen molar-refractivity contribution in [2.45, 2.75) is 0 Å². The molecule has 0 heterocycles. The Morgan fingerprint density at radius 3 is 2.00 bits per heavy atom. The second-order valence-electron chi connectivity index (χ2n) is 1.95. The Labute approximate surface area is 45.0 Å². The zero-order valence-electron chi connectivity index (χ0n) is 5.23. The number of quaternary nitrogens is 1. The molecule has 0 aliphatic rings. The number of hydrogen-bond donors (Lipinski definition) is 1. The molecule has 0 radical (unpaired) electrons. The third-order valence-electron chi connectivity index (χ3n) is 1.03. The van der Waals surface area contributed by atoms with Crippen molar-refractivity contribution in [1.29, 1.82) is 0 Å². The number of nitrogens with one attached hydrogen (secondary N) is 1. The molecule has 0 saturated heterocycles. The molecule has 7 heavy (non-hydrogen) atoms. The topological polar surface area (TPSA) is 12.0 Å². The van der Waals surface area contributed by atoms with Gasteiger partial charge in [0.15, 0.2) is 0 Å². The van der Waals surface area contributed by atoms with Crippen molar-refractivity contribution in [3.8, 4) is 0 Å². The number of rotatable bonds is 2. The largest absolute Gasteiger partial charge is 0.226 e. The highest BCUT2D eigenvalue weighted by atomic mass is 15.6. The monoisotopic (exact) mass is 101 g/mol. The summed E-state index contributed by atoms with van der Waals surface area (Å²) in [5.74, 6) is 0. The van der Waals surface area contributed by atoms with E-state index in [1.54, 1.807) is 0 Å². The lowest BCUT2D eigenvalue weighted by Crippen LogP contribution is -2.43. The second-order valence-corrected chi connectivity index (χ2v) is 1.95. The fourth-order valence-electron chi connectivity index (χ4n) is 0.0913. The van der Waals surface area contributed by atoms with Crippen molar-refractivity contribution >= 4 is 0 Å². The summed E-state index contributed by atoms with van der Waals surface area (Å²) in [6.45, 7) is 3.61. The van der Waals surface area contributed by atoms with E-state index in [0.717, 1.165) is 0 Å². The fourth-order valence-corrected chi connectivity index (χ4v) is 0.0913. The van der Waals surface area contributed by atoms with E-state index >= 15 is 0 Å². The quantitative estimate of drug-likeness (QED) is 0.390. The molecule has 0 fully saturated rings. The van der Waals surface area contributed by atoms with Crippen molar-refractivity contribution in [2.75, 3.05) is 21.1 Å². The maximum Gasteiger partial charge on any atom is 0.107 e. The molecule has 0 bridgehead atoms. The van der Waals surface area contributed by atoms with Gasteiger partial charge in [-0.05, 0) is 6.58 Å². The van der Waals surface area contributed by atoms with Crippen LogP contribution in [0.2, 0.25) is 0 Å². The zero-order valence-corrected chi connectivity index (χ0v) is 5.23. The highest BCUT2D eigenvalue weighted by molar-refractivity contribution is 4.46. The minimum atomic E-state index is 0.653. The summed E-state index contributed by atoms with van der Waals surface area (Å²) in [7, 11) is 5.90. The van der Waals surface area contributed by atoms with Gasteiger partial charge >= 0.3 is 0 Å². The Bertz CT molecular complexity index is 66.5. The molecule has 0 unspecified atom stereocenters. The summed E-state index contributed by atoms with van der Waals surface area (Å²) in [4.78, 5) is 0. The maximum absolute atomic E-state index is 3.61. The van der Waals surface area contributed by atoms with Gasteiger partial charge < -0.3 is 0 Å². The van der Waals surface area contributed by atoms with Crippen LogP contribution >= 0.6 is 0 Å². The summed E-state index contributed by atoms with van der Waals surface area (Å²) < 4.78 is 0.653. The first-order valence-corrected chi connectivity index (χ1v) is 2.28. The van der Waals surface area contributed by atoms with E-state index in [9.17, 15) is 0 Å². The van der Waals surface area contributed by atoms with Crippen LogP contribution in [0, 0.1) is 0 Å². The molecule has 0 saturated carbocycles. The van der Waals surface area contributed by atoms with Crippen molar-refractivity contribution in [2.24, 2.45) is 0 Å². The first-order chi connectivity index (χ1) is 3.12. The Balaban J connectivity index is 3.58. The second kappa shape index (κ2) is 2.09. The average molecular weight is 101 g/mol. The Morgan fingerprint density at radius 1 is 1.57 bits per heavy atom. The van der Waals surface area contributed by atoms with Gasteiger partial charge in [-0.2, -0.15) is 5.43 Å². The highest BCUT2D eigenvalue weighted by Gasteiger charge is 2.02. The van der Waals surface area contributed by atoms with Gasteiger partial charge in [0.25, 0.3) is 0 Å². The van der Waals surface area contributed by atoms with Gasteiger partial charge in [0.2, 0.25) is 0 Å². The minimum Gasteiger partial charge on any atom is -0.226 e. The van der Waals surface area contributed by atoms with Crippen molar-refractivity contribution in [3.63, 3.8) is 0 Å². The molecule has 0 aliphatic carbocycles. The Morgan fingerprint density at radius 2 is 2.00 bits per heavy atom. The molecule has 0 aromatic heterocycles. The van der Waals surface area contributed by atoms with Crippen molar-refractivity contribution in [3.05, 3.63) is 12.8 Å². The van der Waals surface area contributed by atoms with E-state index in [4.69, 9.17) is 0 Å². The van der Waals surface area contributed by atoms with E-state index in [0.29, 0.717) is 4.59 Å². The van der Waals surface area contributed by atoms with Gasteiger partial charge in [-0.3, -0.25) is 0 Å². The molecule has 2 heteroatoms. The number of hydrogen-bond acceptors (Lipinski definition) is 1. The highest BCUT2D eigenvalue weighted by Crippen LogP contribution is 1.84. The van der Waals surface area contributed by atoms with Gasteiger partial charge in [-0.25, -0.2) is 4.59 Å². The van der Waals surface area contributed by atoms with Crippen LogP contribution < -0.4 is 5.43 Å². The normalized spacial score (nSPS) is 11.3. The van der Waals surface area contributed by atoms with Crippen LogP contribution in [0.1, 0.15) is 0 Å². The van der Waals surface area contributed by atoms with Crippen LogP contribution in [0.5, 0.6) is 0 Å². The molecule has 0 atom stereocenters. The van der Waals surface area contributed by atoms with Crippen LogP contribution in [0.25, 0.3) is 0 Å². The summed E-state index contributed by atoms with van der Waals surface area (Å²) in [6, 6.07) is 0. The van der Waals surface area contributed by atoms with Crippen molar-refractivity contribution in [1.82, 2.24) is 5.43 Å². The average Bonchev–Trinajstić information content (AvgIpc) is 1.68. The summed E-state index contributed by atoms with van der Waals surface area (Å²) in [5.41, 5.74) is 3.01. The third kappa shape index (κ3) is 2.37. The van der Waals surface area contributed by atoms with E-state index in [1.165, 1.54) is 0 Å². The fraction of sp³-hybridized carbons (Fsp3) is 0.600. The summed E-state index contributed by atoms with van der Waals surface area (Å²) >= 11 is 0. The third-order valence-corrected chi connectivity index (χ3v) is 1.03. The van der Waals surface area contributed by atoms with E-state index in [2.05, 4.69) is 12.0 Å². The molecule has 0 rings (SSSR count). The lowest BCUT2D eigenvalue weighted by molar-refractivity contribution is -0.882. The van der Waals surface area contributed by atoms with E-state index < -0.39 is 0 Å². The van der Waals surface area contributed by atoms with Crippen LogP contribution in [0.3, 0.4) is 0 Å². The molecular formula is C5H13N2+. The molecular weight excluding hydrogens is 88.1 g/mol. The maximum atomic E-state index is 3.61. The van der Waals surface area contributed by atoms with Crippen LogP contribution in [-0.4, -0.2) is 25.7 Å². The van der Waals surface area contributed by atoms with Crippen LogP contribution in [-0.2, 0) is 0 Å². The smallest absolute Gasteiger partial charge is 0.107 e. The SMILES string of the molecule is C=C[N+](C)(C)NC. The lowest BCUT2D eigenvalue weighted by Gasteiger charge is -2.20. The van der Waals surface area contributed by atoms with E-state index in [1.807, 2.05) is 27.3 Å². The van der Waals surface area contributed by atoms with Crippen molar-refractivity contribution < 1.29 is 4.59 Å². The van der Waals surface area contributed by atoms with E-state index in [-0.39, 0.29) is 0 Å². The summed E-state index contributed by atoms with van der Waals surface area (Å²) in [6.07, 6.45) is 1.82. The molecule has 42 valence electrons. The molecule has 2 nitrogen and oxygen atoms in total. The first-order valence-electron chi connectivity index (χ1n) is 2.28. The summed E-state index contributed by atoms with van der Waals surface area (Å²) in [5, 5.41) is 0. The van der Waals surface area contributed by atoms with Gasteiger partial charge in [0.05, 0.1) is 14.1 Å². The lowest BCUT2D eigenvalue weighted by atomic mass is 10.8. The molecule has 1 N–H and O–H groups in total. The number of nitrogens with zero attached hydrogens (tertiary/aromatic N) is 1. The Kier molecular flexibility index (Phi) is 1.99. The molecule has 0 amide bonds. The molecule has 0 aromatic carbocycles. The Hall–Kier alpha value is -0.340. The van der Waals surface area contributed by atoms with Gasteiger partial charge in [-0.1, -0.05) is 0 Å².